The first kappa shape index (κ1) is 17.7. The molecule has 0 bridgehead atoms. The summed E-state index contributed by atoms with van der Waals surface area (Å²) in [5.74, 6) is 0.689. The molecule has 142 valence electrons. The smallest absolute Gasteiger partial charge is 0.267 e. The van der Waals surface area contributed by atoms with Gasteiger partial charge >= 0.3 is 0 Å². The zero-order valence-corrected chi connectivity index (χ0v) is 15.5. The molecule has 1 N–H and O–H groups in total. The summed E-state index contributed by atoms with van der Waals surface area (Å²) in [6, 6.07) is 1.81. The van der Waals surface area contributed by atoms with E-state index in [4.69, 9.17) is 0 Å². The maximum Gasteiger partial charge on any atom is 0.267 e. The number of likely N-dealkylation sites (tertiary alicyclic amines) is 1. The number of carbonyl (C=O) groups excluding carboxylic acids is 1. The summed E-state index contributed by atoms with van der Waals surface area (Å²) in [6.07, 6.45) is 4.99. The number of amides is 1. The van der Waals surface area contributed by atoms with E-state index >= 15 is 0 Å². The standard InChI is InChI=1S/C19H29N5O2/c25-18-5-7-22(8-6-20-18)9-10-23-12-15(13-23)14-24-19(26)11-16-3-1-2-4-17(16)21-24/h11,15H,1-10,12-14H2,(H,20,25). The average molecular weight is 359 g/mol. The Morgan fingerprint density at radius 2 is 1.85 bits per heavy atom. The van der Waals surface area contributed by atoms with Crippen molar-refractivity contribution in [2.45, 2.75) is 38.6 Å². The number of carbonyl (C=O) groups is 1. The van der Waals surface area contributed by atoms with E-state index in [0.717, 1.165) is 76.5 Å². The highest BCUT2D eigenvalue weighted by atomic mass is 16.1. The van der Waals surface area contributed by atoms with Crippen LogP contribution < -0.4 is 10.9 Å². The van der Waals surface area contributed by atoms with Crippen molar-refractivity contribution in [1.29, 1.82) is 0 Å². The second-order valence-corrected chi connectivity index (χ2v) is 7.91. The van der Waals surface area contributed by atoms with E-state index in [2.05, 4.69) is 20.2 Å². The zero-order valence-electron chi connectivity index (χ0n) is 15.5. The van der Waals surface area contributed by atoms with Gasteiger partial charge in [-0.1, -0.05) is 0 Å². The lowest BCUT2D eigenvalue weighted by Crippen LogP contribution is -2.52. The maximum absolute atomic E-state index is 12.3. The Balaban J connectivity index is 1.23. The van der Waals surface area contributed by atoms with Gasteiger partial charge in [0.25, 0.3) is 5.56 Å². The summed E-state index contributed by atoms with van der Waals surface area (Å²) in [4.78, 5) is 28.5. The van der Waals surface area contributed by atoms with Crippen molar-refractivity contribution in [3.63, 3.8) is 0 Å². The van der Waals surface area contributed by atoms with Gasteiger partial charge in [0.1, 0.15) is 0 Å². The molecule has 7 nitrogen and oxygen atoms in total. The van der Waals surface area contributed by atoms with Gasteiger partial charge in [-0.2, -0.15) is 5.10 Å². The minimum Gasteiger partial charge on any atom is -0.355 e. The van der Waals surface area contributed by atoms with Gasteiger partial charge in [0.05, 0.1) is 12.2 Å². The molecular weight excluding hydrogens is 330 g/mol. The number of hydrogen-bond donors (Lipinski definition) is 1. The van der Waals surface area contributed by atoms with Crippen LogP contribution in [0.5, 0.6) is 0 Å². The molecule has 1 amide bonds. The molecular formula is C19H29N5O2. The van der Waals surface area contributed by atoms with E-state index in [1.54, 1.807) is 4.68 Å². The number of fused-ring (bicyclic) bond motifs is 1. The van der Waals surface area contributed by atoms with Crippen LogP contribution in [-0.4, -0.2) is 71.3 Å². The van der Waals surface area contributed by atoms with Crippen molar-refractivity contribution in [3.05, 3.63) is 27.7 Å². The van der Waals surface area contributed by atoms with Crippen LogP contribution in [0.4, 0.5) is 0 Å². The summed E-state index contributed by atoms with van der Waals surface area (Å²) in [5.41, 5.74) is 2.36. The Kier molecular flexibility index (Phi) is 5.36. The minimum absolute atomic E-state index is 0.0610. The van der Waals surface area contributed by atoms with Gasteiger partial charge in [0.15, 0.2) is 0 Å². The van der Waals surface area contributed by atoms with Gasteiger partial charge in [0, 0.05) is 64.2 Å². The number of aromatic nitrogens is 2. The van der Waals surface area contributed by atoms with Crippen LogP contribution in [0.25, 0.3) is 0 Å². The third-order valence-corrected chi connectivity index (χ3v) is 5.88. The molecule has 0 atom stereocenters. The molecule has 0 radical (unpaired) electrons. The Bertz CT molecular complexity index is 710. The lowest BCUT2D eigenvalue weighted by Gasteiger charge is -2.40. The van der Waals surface area contributed by atoms with Crippen LogP contribution in [0, 0.1) is 5.92 Å². The molecule has 4 rings (SSSR count). The topological polar surface area (TPSA) is 70.5 Å². The lowest BCUT2D eigenvalue weighted by molar-refractivity contribution is -0.120. The molecule has 3 aliphatic rings. The second kappa shape index (κ2) is 7.88. The number of nitrogens with zero attached hydrogens (tertiary/aromatic N) is 4. The Labute approximate surface area is 154 Å². The summed E-state index contributed by atoms with van der Waals surface area (Å²) in [7, 11) is 0. The van der Waals surface area contributed by atoms with Crippen molar-refractivity contribution < 1.29 is 4.79 Å². The average Bonchev–Trinajstić information content (AvgIpc) is 2.81. The van der Waals surface area contributed by atoms with Crippen LogP contribution in [0.1, 0.15) is 30.5 Å². The number of hydrogen-bond acceptors (Lipinski definition) is 5. The molecule has 3 heterocycles. The highest BCUT2D eigenvalue weighted by Gasteiger charge is 2.28. The van der Waals surface area contributed by atoms with Gasteiger partial charge in [-0.05, 0) is 31.2 Å². The van der Waals surface area contributed by atoms with E-state index in [9.17, 15) is 9.59 Å². The van der Waals surface area contributed by atoms with Crippen LogP contribution in [0.15, 0.2) is 10.9 Å². The maximum atomic E-state index is 12.3. The van der Waals surface area contributed by atoms with E-state index in [1.165, 1.54) is 12.8 Å². The van der Waals surface area contributed by atoms with Crippen molar-refractivity contribution in [2.75, 3.05) is 45.8 Å². The van der Waals surface area contributed by atoms with Crippen molar-refractivity contribution in [3.8, 4) is 0 Å². The third kappa shape index (κ3) is 4.15. The third-order valence-electron chi connectivity index (χ3n) is 5.88. The first-order valence-corrected chi connectivity index (χ1v) is 9.99. The van der Waals surface area contributed by atoms with Gasteiger partial charge in [0.2, 0.25) is 5.91 Å². The quantitative estimate of drug-likeness (QED) is 0.794. The molecule has 2 aliphatic heterocycles. The number of rotatable bonds is 5. The Morgan fingerprint density at radius 1 is 1.04 bits per heavy atom. The van der Waals surface area contributed by atoms with Crippen molar-refractivity contribution in [2.24, 2.45) is 5.92 Å². The fourth-order valence-electron chi connectivity index (χ4n) is 4.27. The van der Waals surface area contributed by atoms with E-state index in [-0.39, 0.29) is 11.5 Å². The molecule has 2 fully saturated rings. The summed E-state index contributed by atoms with van der Waals surface area (Å²) in [6.45, 7) is 7.43. The Hall–Kier alpha value is -1.73. The zero-order chi connectivity index (χ0) is 17.9. The molecule has 0 unspecified atom stereocenters. The predicted molar refractivity (Wildman–Crippen MR) is 99.1 cm³/mol. The van der Waals surface area contributed by atoms with Gasteiger partial charge in [-0.3, -0.25) is 14.5 Å². The van der Waals surface area contributed by atoms with E-state index in [0.29, 0.717) is 12.3 Å². The molecule has 1 aromatic heterocycles. The fraction of sp³-hybridized carbons (Fsp3) is 0.737. The van der Waals surface area contributed by atoms with Crippen LogP contribution in [-0.2, 0) is 24.2 Å². The van der Waals surface area contributed by atoms with E-state index in [1.807, 2.05) is 6.07 Å². The number of nitrogens with one attached hydrogen (secondary N) is 1. The molecule has 2 saturated heterocycles. The first-order chi connectivity index (χ1) is 12.7. The number of aryl methyl sites for hydroxylation is 2. The van der Waals surface area contributed by atoms with Crippen molar-refractivity contribution >= 4 is 5.91 Å². The van der Waals surface area contributed by atoms with Gasteiger partial charge in [-0.25, -0.2) is 4.68 Å². The van der Waals surface area contributed by atoms with Gasteiger partial charge in [-0.15, -0.1) is 0 Å². The SMILES string of the molecule is O=C1CCN(CCN2CC(Cn3nc4c(cc3=O)CCCC4)C2)CCN1. The first-order valence-electron chi connectivity index (χ1n) is 9.99. The molecule has 0 spiro atoms. The van der Waals surface area contributed by atoms with E-state index < -0.39 is 0 Å². The summed E-state index contributed by atoms with van der Waals surface area (Å²) in [5, 5.41) is 7.55. The molecule has 1 aromatic rings. The minimum atomic E-state index is 0.0610. The largest absolute Gasteiger partial charge is 0.355 e. The molecule has 1 aliphatic carbocycles. The summed E-state index contributed by atoms with van der Waals surface area (Å²) < 4.78 is 1.69. The van der Waals surface area contributed by atoms with Gasteiger partial charge < -0.3 is 10.2 Å². The summed E-state index contributed by atoms with van der Waals surface area (Å²) >= 11 is 0. The normalized spacial score (nSPS) is 22.4. The van der Waals surface area contributed by atoms with Crippen LogP contribution in [0.2, 0.25) is 0 Å². The highest BCUT2D eigenvalue weighted by Crippen LogP contribution is 2.19. The van der Waals surface area contributed by atoms with Crippen molar-refractivity contribution in [1.82, 2.24) is 24.9 Å². The lowest BCUT2D eigenvalue weighted by atomic mass is 9.96. The predicted octanol–water partition coefficient (Wildman–Crippen LogP) is -0.124. The van der Waals surface area contributed by atoms with Crippen LogP contribution >= 0.6 is 0 Å². The Morgan fingerprint density at radius 3 is 2.73 bits per heavy atom. The second-order valence-electron chi connectivity index (χ2n) is 7.91. The monoisotopic (exact) mass is 359 g/mol. The molecule has 0 aromatic carbocycles. The highest BCUT2D eigenvalue weighted by molar-refractivity contribution is 5.76. The van der Waals surface area contributed by atoms with Crippen LogP contribution in [0.3, 0.4) is 0 Å². The molecule has 26 heavy (non-hydrogen) atoms. The molecule has 0 saturated carbocycles. The molecule has 7 heteroatoms. The fourth-order valence-corrected chi connectivity index (χ4v) is 4.27.